The molecule has 2 heteroatoms. The van der Waals surface area contributed by atoms with E-state index in [-0.39, 0.29) is 0 Å². The number of hydrogen-bond acceptors (Lipinski definition) is 2. The quantitative estimate of drug-likeness (QED) is 0.776. The fraction of sp³-hybridized carbons (Fsp3) is 1.00. The molecule has 0 aromatic heterocycles. The maximum Gasteiger partial charge on any atom is 0.0585 e. The van der Waals surface area contributed by atoms with Crippen molar-refractivity contribution in [3.05, 3.63) is 0 Å². The van der Waals surface area contributed by atoms with Gasteiger partial charge in [-0.1, -0.05) is 20.3 Å². The lowest BCUT2D eigenvalue weighted by Gasteiger charge is -2.44. The summed E-state index contributed by atoms with van der Waals surface area (Å²) >= 11 is 0. The Hall–Kier alpha value is -0.0800. The zero-order valence-electron chi connectivity index (χ0n) is 11.1. The molecule has 0 bridgehead atoms. The van der Waals surface area contributed by atoms with Gasteiger partial charge in [0.15, 0.2) is 0 Å². The first-order valence-electron chi connectivity index (χ1n) is 6.98. The molecule has 2 aliphatic rings. The van der Waals surface area contributed by atoms with Crippen LogP contribution in [0.3, 0.4) is 0 Å². The summed E-state index contributed by atoms with van der Waals surface area (Å²) in [6, 6.07) is 0.612. The highest BCUT2D eigenvalue weighted by molar-refractivity contribution is 4.93. The van der Waals surface area contributed by atoms with Gasteiger partial charge in [-0.05, 0) is 44.4 Å². The van der Waals surface area contributed by atoms with E-state index in [0.29, 0.717) is 23.7 Å². The first kappa shape index (κ1) is 12.4. The summed E-state index contributed by atoms with van der Waals surface area (Å²) in [5, 5.41) is 3.62. The Bertz CT molecular complexity index is 223. The van der Waals surface area contributed by atoms with Gasteiger partial charge in [0, 0.05) is 12.6 Å². The van der Waals surface area contributed by atoms with E-state index in [1.807, 2.05) is 0 Å². The summed E-state index contributed by atoms with van der Waals surface area (Å²) < 4.78 is 5.97. The largest absolute Gasteiger partial charge is 0.375 e. The Morgan fingerprint density at radius 2 is 2.06 bits per heavy atom. The molecule has 2 atom stereocenters. The summed E-state index contributed by atoms with van der Waals surface area (Å²) in [5.74, 6) is 0. The highest BCUT2D eigenvalue weighted by atomic mass is 16.5. The number of rotatable bonds is 5. The van der Waals surface area contributed by atoms with E-state index in [9.17, 15) is 0 Å². The van der Waals surface area contributed by atoms with Crippen molar-refractivity contribution in [1.82, 2.24) is 5.32 Å². The summed E-state index contributed by atoms with van der Waals surface area (Å²) in [6.07, 6.45) is 9.11. The second-order valence-electron chi connectivity index (χ2n) is 6.24. The average Bonchev–Trinajstić information content (AvgIpc) is 2.55. The summed E-state index contributed by atoms with van der Waals surface area (Å²) in [6.45, 7) is 7.87. The Morgan fingerprint density at radius 3 is 2.50 bits per heavy atom. The fourth-order valence-corrected chi connectivity index (χ4v) is 3.07. The molecule has 2 fully saturated rings. The standard InChI is InChI=1S/C14H27NO/c1-11(2)15-10-14(7-4-8-14)9-13-6-5-12(3)16-13/h11-13,15H,4-10H2,1-3H3. The van der Waals surface area contributed by atoms with Gasteiger partial charge in [0.1, 0.15) is 0 Å². The SMILES string of the molecule is CC(C)NCC1(CC2CCC(C)O2)CCC1. The van der Waals surface area contributed by atoms with E-state index in [1.165, 1.54) is 45.1 Å². The normalized spacial score (nSPS) is 33.0. The van der Waals surface area contributed by atoms with Crippen LogP contribution in [0.4, 0.5) is 0 Å². The van der Waals surface area contributed by atoms with Crippen molar-refractivity contribution in [2.75, 3.05) is 6.54 Å². The van der Waals surface area contributed by atoms with E-state index in [4.69, 9.17) is 4.74 Å². The monoisotopic (exact) mass is 225 g/mol. The van der Waals surface area contributed by atoms with Gasteiger partial charge in [-0.3, -0.25) is 0 Å². The van der Waals surface area contributed by atoms with Gasteiger partial charge in [-0.2, -0.15) is 0 Å². The van der Waals surface area contributed by atoms with E-state index in [0.717, 1.165) is 0 Å². The molecule has 0 amide bonds. The molecular weight excluding hydrogens is 198 g/mol. The molecule has 1 saturated heterocycles. The van der Waals surface area contributed by atoms with Gasteiger partial charge in [-0.25, -0.2) is 0 Å². The van der Waals surface area contributed by atoms with E-state index in [1.54, 1.807) is 0 Å². The smallest absolute Gasteiger partial charge is 0.0585 e. The van der Waals surface area contributed by atoms with Gasteiger partial charge in [0.2, 0.25) is 0 Å². The minimum absolute atomic E-state index is 0.500. The molecule has 0 spiro atoms. The Balaban J connectivity index is 1.80. The predicted octanol–water partition coefficient (Wildman–Crippen LogP) is 3.11. The molecule has 2 rings (SSSR count). The van der Waals surface area contributed by atoms with Crippen LogP contribution in [0.1, 0.15) is 59.3 Å². The molecule has 16 heavy (non-hydrogen) atoms. The second kappa shape index (κ2) is 5.05. The average molecular weight is 225 g/mol. The molecule has 1 aliphatic carbocycles. The van der Waals surface area contributed by atoms with Crippen LogP contribution in [0.15, 0.2) is 0 Å². The summed E-state index contributed by atoms with van der Waals surface area (Å²) in [7, 11) is 0. The molecule has 1 heterocycles. The van der Waals surface area contributed by atoms with Gasteiger partial charge in [-0.15, -0.1) is 0 Å². The van der Waals surface area contributed by atoms with Crippen LogP contribution in [-0.4, -0.2) is 24.8 Å². The van der Waals surface area contributed by atoms with Gasteiger partial charge in [0.05, 0.1) is 12.2 Å². The van der Waals surface area contributed by atoms with Crippen LogP contribution < -0.4 is 5.32 Å². The third kappa shape index (κ3) is 2.98. The molecule has 94 valence electrons. The fourth-order valence-electron chi connectivity index (χ4n) is 3.07. The first-order valence-corrected chi connectivity index (χ1v) is 6.98. The molecule has 1 aliphatic heterocycles. The number of hydrogen-bond donors (Lipinski definition) is 1. The first-order chi connectivity index (χ1) is 7.60. The number of nitrogens with one attached hydrogen (secondary N) is 1. The zero-order valence-corrected chi connectivity index (χ0v) is 11.1. The predicted molar refractivity (Wildman–Crippen MR) is 67.6 cm³/mol. The highest BCUT2D eigenvalue weighted by Crippen LogP contribution is 2.46. The van der Waals surface area contributed by atoms with Crippen LogP contribution in [0.2, 0.25) is 0 Å². The molecule has 0 aromatic rings. The van der Waals surface area contributed by atoms with Gasteiger partial charge in [0.25, 0.3) is 0 Å². The Labute approximate surface area is 100 Å². The molecular formula is C14H27NO. The molecule has 2 unspecified atom stereocenters. The minimum atomic E-state index is 0.500. The van der Waals surface area contributed by atoms with Gasteiger partial charge < -0.3 is 10.1 Å². The van der Waals surface area contributed by atoms with E-state index >= 15 is 0 Å². The maximum absolute atomic E-state index is 5.97. The van der Waals surface area contributed by atoms with Crippen molar-refractivity contribution < 1.29 is 4.74 Å². The van der Waals surface area contributed by atoms with Crippen molar-refractivity contribution >= 4 is 0 Å². The maximum atomic E-state index is 5.97. The molecule has 0 aromatic carbocycles. The van der Waals surface area contributed by atoms with Crippen molar-refractivity contribution in [3.8, 4) is 0 Å². The topological polar surface area (TPSA) is 21.3 Å². The minimum Gasteiger partial charge on any atom is -0.375 e. The van der Waals surface area contributed by atoms with Gasteiger partial charge >= 0.3 is 0 Å². The Morgan fingerprint density at radius 1 is 1.31 bits per heavy atom. The van der Waals surface area contributed by atoms with Crippen LogP contribution in [0, 0.1) is 5.41 Å². The lowest BCUT2D eigenvalue weighted by molar-refractivity contribution is -0.00461. The van der Waals surface area contributed by atoms with Crippen LogP contribution >= 0.6 is 0 Å². The molecule has 1 saturated carbocycles. The van der Waals surface area contributed by atoms with Crippen LogP contribution in [0.5, 0.6) is 0 Å². The third-order valence-corrected chi connectivity index (χ3v) is 4.28. The zero-order chi connectivity index (χ0) is 11.6. The van der Waals surface area contributed by atoms with Crippen LogP contribution in [-0.2, 0) is 4.74 Å². The van der Waals surface area contributed by atoms with E-state index in [2.05, 4.69) is 26.1 Å². The lowest BCUT2D eigenvalue weighted by atomic mass is 9.65. The second-order valence-corrected chi connectivity index (χ2v) is 6.24. The summed E-state index contributed by atoms with van der Waals surface area (Å²) in [4.78, 5) is 0. The summed E-state index contributed by atoms with van der Waals surface area (Å²) in [5.41, 5.74) is 0.568. The van der Waals surface area contributed by atoms with E-state index < -0.39 is 0 Å². The lowest BCUT2D eigenvalue weighted by Crippen LogP contribution is -2.44. The van der Waals surface area contributed by atoms with Crippen molar-refractivity contribution in [3.63, 3.8) is 0 Å². The van der Waals surface area contributed by atoms with Crippen molar-refractivity contribution in [2.45, 2.75) is 77.5 Å². The molecule has 0 radical (unpaired) electrons. The third-order valence-electron chi connectivity index (χ3n) is 4.28. The van der Waals surface area contributed by atoms with Crippen LogP contribution in [0.25, 0.3) is 0 Å². The molecule has 1 N–H and O–H groups in total. The van der Waals surface area contributed by atoms with Crippen molar-refractivity contribution in [2.24, 2.45) is 5.41 Å². The highest BCUT2D eigenvalue weighted by Gasteiger charge is 2.40. The number of ether oxygens (including phenoxy) is 1. The van der Waals surface area contributed by atoms with Crippen molar-refractivity contribution in [1.29, 1.82) is 0 Å². The Kier molecular flexibility index (Phi) is 3.91. The molecule has 2 nitrogen and oxygen atoms in total.